The number of hydrogen-bond donors (Lipinski definition) is 0. The number of para-hydroxylation sites is 1. The zero-order valence-corrected chi connectivity index (χ0v) is 17.2. The highest BCUT2D eigenvalue weighted by atomic mass is 127. The first-order valence-corrected chi connectivity index (χ1v) is 11.4. The van der Waals surface area contributed by atoms with E-state index in [2.05, 4.69) is 0 Å². The molecule has 0 atom stereocenters. The predicted molar refractivity (Wildman–Crippen MR) is 98.1 cm³/mol. The lowest BCUT2D eigenvalue weighted by molar-refractivity contribution is -0.837. The fraction of sp³-hybridized carbons (Fsp3) is 0.0500. The maximum Gasteiger partial charge on any atom is 0.540 e. The Kier molecular flexibility index (Phi) is 4.75. The van der Waals surface area contributed by atoms with Gasteiger partial charge >= 0.3 is 31.7 Å². The SMILES string of the molecule is Cc1ccc(S(=O)(=O)O[I+]c2ccc3oc4ccccc4c(=O)c3c2)cc1. The molecule has 27 heavy (non-hydrogen) atoms. The molecule has 1 aromatic heterocycles. The largest absolute Gasteiger partial charge is 0.540 e. The summed E-state index contributed by atoms with van der Waals surface area (Å²) in [7, 11) is -3.83. The van der Waals surface area contributed by atoms with E-state index >= 15 is 0 Å². The highest BCUT2D eigenvalue weighted by Crippen LogP contribution is 2.17. The van der Waals surface area contributed by atoms with E-state index in [9.17, 15) is 13.2 Å². The van der Waals surface area contributed by atoms with Gasteiger partial charge < -0.3 is 4.42 Å². The van der Waals surface area contributed by atoms with Crippen molar-refractivity contribution < 1.29 is 37.0 Å². The van der Waals surface area contributed by atoms with Crippen LogP contribution in [0.25, 0.3) is 21.9 Å². The first kappa shape index (κ1) is 18.1. The van der Waals surface area contributed by atoms with E-state index in [1.165, 1.54) is 12.1 Å². The number of hydrogen-bond acceptors (Lipinski definition) is 5. The Morgan fingerprint density at radius 1 is 0.889 bits per heavy atom. The molecule has 136 valence electrons. The smallest absolute Gasteiger partial charge is 0.456 e. The van der Waals surface area contributed by atoms with E-state index < -0.39 is 31.7 Å². The molecular formula is C20H14IO5S+. The van der Waals surface area contributed by atoms with Crippen molar-refractivity contribution in [2.24, 2.45) is 0 Å². The zero-order valence-electron chi connectivity index (χ0n) is 14.2. The van der Waals surface area contributed by atoms with Gasteiger partial charge in [0, 0.05) is 6.07 Å². The molecule has 0 bridgehead atoms. The molecule has 0 unspecified atom stereocenters. The van der Waals surface area contributed by atoms with E-state index in [4.69, 9.17) is 6.93 Å². The molecule has 0 saturated carbocycles. The van der Waals surface area contributed by atoms with Crippen LogP contribution in [0.3, 0.4) is 0 Å². The van der Waals surface area contributed by atoms with Crippen LogP contribution in [0.2, 0.25) is 0 Å². The van der Waals surface area contributed by atoms with Crippen LogP contribution in [0, 0.1) is 10.5 Å². The molecule has 4 aromatic rings. The monoisotopic (exact) mass is 493 g/mol. The van der Waals surface area contributed by atoms with Crippen molar-refractivity contribution in [2.75, 3.05) is 0 Å². The topological polar surface area (TPSA) is 73.6 Å². The van der Waals surface area contributed by atoms with Crippen molar-refractivity contribution in [1.82, 2.24) is 0 Å². The molecule has 3 aromatic carbocycles. The van der Waals surface area contributed by atoms with Gasteiger partial charge in [0.2, 0.25) is 9.00 Å². The number of aryl methyl sites for hydroxylation is 1. The van der Waals surface area contributed by atoms with Crippen LogP contribution in [-0.4, -0.2) is 8.42 Å². The van der Waals surface area contributed by atoms with Crippen molar-refractivity contribution >= 4 is 32.1 Å². The molecule has 0 aliphatic rings. The normalized spacial score (nSPS) is 11.9. The lowest BCUT2D eigenvalue weighted by Gasteiger charge is -2.00. The Morgan fingerprint density at radius 2 is 1.59 bits per heavy atom. The van der Waals surface area contributed by atoms with Gasteiger partial charge in [-0.15, -0.1) is 0 Å². The van der Waals surface area contributed by atoms with Crippen LogP contribution in [0.15, 0.2) is 80.8 Å². The van der Waals surface area contributed by atoms with E-state index in [-0.39, 0.29) is 10.3 Å². The van der Waals surface area contributed by atoms with Crippen molar-refractivity contribution in [3.8, 4) is 0 Å². The molecule has 0 radical (unpaired) electrons. The van der Waals surface area contributed by atoms with Crippen molar-refractivity contribution in [3.63, 3.8) is 0 Å². The fourth-order valence-electron chi connectivity index (χ4n) is 2.64. The van der Waals surface area contributed by atoms with E-state index in [1.54, 1.807) is 54.6 Å². The van der Waals surface area contributed by atoms with Gasteiger partial charge in [-0.05, 0) is 45.8 Å². The summed E-state index contributed by atoms with van der Waals surface area (Å²) >= 11 is -1.30. The van der Waals surface area contributed by atoms with Crippen molar-refractivity contribution in [1.29, 1.82) is 0 Å². The minimum Gasteiger partial charge on any atom is -0.456 e. The second-order valence-electron chi connectivity index (χ2n) is 5.98. The summed E-state index contributed by atoms with van der Waals surface area (Å²) in [4.78, 5) is 12.8. The Balaban J connectivity index is 1.66. The third-order valence-corrected chi connectivity index (χ3v) is 8.27. The molecule has 0 amide bonds. The van der Waals surface area contributed by atoms with Crippen LogP contribution in [0.5, 0.6) is 0 Å². The molecule has 0 aliphatic heterocycles. The lowest BCUT2D eigenvalue weighted by atomic mass is 10.1. The van der Waals surface area contributed by atoms with E-state index in [0.29, 0.717) is 25.5 Å². The second kappa shape index (κ2) is 7.06. The van der Waals surface area contributed by atoms with Crippen LogP contribution < -0.4 is 27.0 Å². The maximum absolute atomic E-state index is 12.7. The van der Waals surface area contributed by atoms with Crippen LogP contribution in [0.4, 0.5) is 0 Å². The molecule has 0 N–H and O–H groups in total. The highest BCUT2D eigenvalue weighted by molar-refractivity contribution is 7.86. The van der Waals surface area contributed by atoms with E-state index in [0.717, 1.165) is 5.56 Å². The van der Waals surface area contributed by atoms with Crippen LogP contribution in [0.1, 0.15) is 5.56 Å². The summed E-state index contributed by atoms with van der Waals surface area (Å²) in [6.45, 7) is 1.88. The van der Waals surface area contributed by atoms with Gasteiger partial charge in [-0.1, -0.05) is 29.8 Å². The van der Waals surface area contributed by atoms with Gasteiger partial charge in [0.25, 0.3) is 0 Å². The Bertz CT molecular complexity index is 1310. The Hall–Kier alpha value is -2.23. The van der Waals surface area contributed by atoms with Gasteiger partial charge in [0.1, 0.15) is 11.2 Å². The molecular weight excluding hydrogens is 479 g/mol. The van der Waals surface area contributed by atoms with Gasteiger partial charge in [-0.3, -0.25) is 4.79 Å². The van der Waals surface area contributed by atoms with Crippen molar-refractivity contribution in [3.05, 3.63) is 86.1 Å². The van der Waals surface area contributed by atoms with E-state index in [1.807, 2.05) is 6.92 Å². The number of benzene rings is 3. The standard InChI is InChI=1S/C20H14IO5S/c1-13-6-9-15(10-7-13)27(23,24)26-21-14-8-11-19-17(12-14)20(22)16-4-2-3-5-18(16)25-19/h2-12H,1H3/q+1. The first-order valence-electron chi connectivity index (χ1n) is 8.05. The third kappa shape index (κ3) is 3.62. The maximum atomic E-state index is 12.7. The summed E-state index contributed by atoms with van der Waals surface area (Å²) in [5.41, 5.74) is 1.82. The molecule has 4 rings (SSSR count). The Morgan fingerprint density at radius 3 is 2.37 bits per heavy atom. The van der Waals surface area contributed by atoms with Crippen LogP contribution >= 0.6 is 0 Å². The highest BCUT2D eigenvalue weighted by Gasteiger charge is 2.28. The number of fused-ring (bicyclic) bond motifs is 2. The minimum atomic E-state index is -3.83. The quantitative estimate of drug-likeness (QED) is 0.311. The lowest BCUT2D eigenvalue weighted by Crippen LogP contribution is -3.62. The average molecular weight is 493 g/mol. The number of halogens is 1. The third-order valence-electron chi connectivity index (χ3n) is 4.05. The molecule has 0 aliphatic carbocycles. The fourth-order valence-corrected chi connectivity index (χ4v) is 6.06. The van der Waals surface area contributed by atoms with Gasteiger partial charge in [-0.25, -0.2) is 0 Å². The summed E-state index contributed by atoms with van der Waals surface area (Å²) < 4.78 is 36.4. The summed E-state index contributed by atoms with van der Waals surface area (Å²) in [5.74, 6) is 0. The van der Waals surface area contributed by atoms with Crippen molar-refractivity contribution in [2.45, 2.75) is 11.8 Å². The summed E-state index contributed by atoms with van der Waals surface area (Å²) in [5, 5.41) is 0.913. The molecule has 0 saturated heterocycles. The molecule has 0 fully saturated rings. The molecule has 7 heteroatoms. The number of rotatable bonds is 4. The molecule has 5 nitrogen and oxygen atoms in total. The minimum absolute atomic E-state index is 0.124. The molecule has 0 spiro atoms. The predicted octanol–water partition coefficient (Wildman–Crippen LogP) is 0.834. The summed E-state index contributed by atoms with van der Waals surface area (Å²) in [6.07, 6.45) is 0. The average Bonchev–Trinajstić information content (AvgIpc) is 2.67. The summed E-state index contributed by atoms with van der Waals surface area (Å²) in [6, 6.07) is 18.6. The van der Waals surface area contributed by atoms with Crippen LogP contribution in [-0.2, 0) is 12.6 Å². The molecule has 1 heterocycles. The second-order valence-corrected chi connectivity index (χ2v) is 10.2. The van der Waals surface area contributed by atoms with Gasteiger partial charge in [0.15, 0.2) is 0 Å². The first-order chi connectivity index (χ1) is 12.9. The van der Waals surface area contributed by atoms with Gasteiger partial charge in [0.05, 0.1) is 15.7 Å². The van der Waals surface area contributed by atoms with Gasteiger partial charge in [-0.2, -0.15) is 8.42 Å². The zero-order chi connectivity index (χ0) is 19.0. The Labute approximate surface area is 166 Å².